The van der Waals surface area contributed by atoms with Crippen molar-refractivity contribution in [1.82, 2.24) is 5.32 Å². The minimum absolute atomic E-state index is 0.111. The van der Waals surface area contributed by atoms with Crippen LogP contribution in [-0.4, -0.2) is 19.6 Å². The third-order valence-electron chi connectivity index (χ3n) is 3.60. The number of carbonyl (C=O) groups is 1. The SMILES string of the molecule is CNC(=O)COc1ccc2c(=O)c(Oc3ccccc3)c(C)oc2c1. The van der Waals surface area contributed by atoms with E-state index in [2.05, 4.69) is 5.32 Å². The summed E-state index contributed by atoms with van der Waals surface area (Å²) < 4.78 is 16.8. The van der Waals surface area contributed by atoms with Gasteiger partial charge < -0.3 is 19.2 Å². The maximum Gasteiger partial charge on any atom is 0.257 e. The second-order valence-corrected chi connectivity index (χ2v) is 5.35. The Bertz CT molecular complexity index is 963. The number of likely N-dealkylation sites (N-methyl/N-ethyl adjacent to an activating group) is 1. The first-order valence-electron chi connectivity index (χ1n) is 7.72. The lowest BCUT2D eigenvalue weighted by molar-refractivity contribution is -0.122. The Labute approximate surface area is 144 Å². The van der Waals surface area contributed by atoms with Crippen LogP contribution >= 0.6 is 0 Å². The van der Waals surface area contributed by atoms with E-state index in [0.29, 0.717) is 28.2 Å². The number of fused-ring (bicyclic) bond motifs is 1. The molecule has 0 aliphatic rings. The molecule has 1 aromatic heterocycles. The molecule has 0 fully saturated rings. The molecule has 0 bridgehead atoms. The number of rotatable bonds is 5. The van der Waals surface area contributed by atoms with Gasteiger partial charge in [-0.15, -0.1) is 0 Å². The van der Waals surface area contributed by atoms with E-state index in [1.54, 1.807) is 37.3 Å². The van der Waals surface area contributed by atoms with Crippen LogP contribution < -0.4 is 20.2 Å². The Hall–Kier alpha value is -3.28. The van der Waals surface area contributed by atoms with Crippen LogP contribution in [0.25, 0.3) is 11.0 Å². The second-order valence-electron chi connectivity index (χ2n) is 5.35. The Morgan fingerprint density at radius 2 is 1.88 bits per heavy atom. The van der Waals surface area contributed by atoms with Gasteiger partial charge in [-0.25, -0.2) is 0 Å². The summed E-state index contributed by atoms with van der Waals surface area (Å²) in [5.74, 6) is 1.27. The smallest absolute Gasteiger partial charge is 0.257 e. The van der Waals surface area contributed by atoms with Gasteiger partial charge in [0.25, 0.3) is 5.91 Å². The zero-order chi connectivity index (χ0) is 17.8. The topological polar surface area (TPSA) is 77.8 Å². The van der Waals surface area contributed by atoms with Gasteiger partial charge in [0.2, 0.25) is 11.2 Å². The Morgan fingerprint density at radius 3 is 2.60 bits per heavy atom. The number of hydrogen-bond acceptors (Lipinski definition) is 5. The summed E-state index contributed by atoms with van der Waals surface area (Å²) in [5.41, 5.74) is 0.109. The van der Waals surface area contributed by atoms with Crippen molar-refractivity contribution >= 4 is 16.9 Å². The highest BCUT2D eigenvalue weighted by molar-refractivity contribution is 5.80. The summed E-state index contributed by atoms with van der Waals surface area (Å²) in [7, 11) is 1.53. The lowest BCUT2D eigenvalue weighted by atomic mass is 10.2. The highest BCUT2D eigenvalue weighted by Crippen LogP contribution is 2.27. The molecule has 6 heteroatoms. The molecule has 0 saturated heterocycles. The summed E-state index contributed by atoms with van der Waals surface area (Å²) in [6, 6.07) is 13.8. The quantitative estimate of drug-likeness (QED) is 0.773. The van der Waals surface area contributed by atoms with Crippen molar-refractivity contribution in [2.75, 3.05) is 13.7 Å². The molecule has 0 aliphatic carbocycles. The summed E-state index contributed by atoms with van der Waals surface area (Å²) in [4.78, 5) is 23.9. The number of aryl methyl sites for hydroxylation is 1. The molecule has 0 unspecified atom stereocenters. The first-order valence-corrected chi connectivity index (χ1v) is 7.72. The van der Waals surface area contributed by atoms with E-state index in [1.807, 2.05) is 18.2 Å². The maximum atomic E-state index is 12.7. The fourth-order valence-electron chi connectivity index (χ4n) is 2.30. The number of hydrogen-bond donors (Lipinski definition) is 1. The molecule has 3 aromatic rings. The number of nitrogens with one attached hydrogen (secondary N) is 1. The van der Waals surface area contributed by atoms with Crippen molar-refractivity contribution in [1.29, 1.82) is 0 Å². The van der Waals surface area contributed by atoms with Gasteiger partial charge in [-0.1, -0.05) is 18.2 Å². The van der Waals surface area contributed by atoms with Crippen molar-refractivity contribution in [3.05, 3.63) is 64.5 Å². The zero-order valence-electron chi connectivity index (χ0n) is 13.9. The van der Waals surface area contributed by atoms with Gasteiger partial charge in [0.1, 0.15) is 22.8 Å². The average Bonchev–Trinajstić information content (AvgIpc) is 2.63. The van der Waals surface area contributed by atoms with Crippen LogP contribution in [0.5, 0.6) is 17.2 Å². The molecule has 0 atom stereocenters. The minimum Gasteiger partial charge on any atom is -0.484 e. The molecule has 1 N–H and O–H groups in total. The van der Waals surface area contributed by atoms with Gasteiger partial charge in [0, 0.05) is 13.1 Å². The van der Waals surface area contributed by atoms with Crippen LogP contribution in [0, 0.1) is 6.92 Å². The third kappa shape index (κ3) is 3.63. The van der Waals surface area contributed by atoms with Gasteiger partial charge in [0.05, 0.1) is 5.39 Å². The van der Waals surface area contributed by atoms with E-state index < -0.39 is 0 Å². The minimum atomic E-state index is -0.263. The Morgan fingerprint density at radius 1 is 1.12 bits per heavy atom. The first-order chi connectivity index (χ1) is 12.1. The highest BCUT2D eigenvalue weighted by Gasteiger charge is 2.14. The largest absolute Gasteiger partial charge is 0.484 e. The fraction of sp³-hybridized carbons (Fsp3) is 0.158. The summed E-state index contributed by atoms with van der Waals surface area (Å²) >= 11 is 0. The average molecular weight is 339 g/mol. The summed E-state index contributed by atoms with van der Waals surface area (Å²) in [6.45, 7) is 1.55. The predicted octanol–water partition coefficient (Wildman–Crippen LogP) is 3.02. The van der Waals surface area contributed by atoms with Crippen LogP contribution in [0.4, 0.5) is 0 Å². The predicted molar refractivity (Wildman–Crippen MR) is 93.3 cm³/mol. The van der Waals surface area contributed by atoms with Gasteiger partial charge in [-0.3, -0.25) is 9.59 Å². The van der Waals surface area contributed by atoms with Crippen LogP contribution in [0.2, 0.25) is 0 Å². The van der Waals surface area contributed by atoms with Crippen molar-refractivity contribution in [3.63, 3.8) is 0 Å². The number of amides is 1. The van der Waals surface area contributed by atoms with Crippen molar-refractivity contribution in [2.45, 2.75) is 6.92 Å². The van der Waals surface area contributed by atoms with E-state index in [4.69, 9.17) is 13.9 Å². The monoisotopic (exact) mass is 339 g/mol. The van der Waals surface area contributed by atoms with Crippen LogP contribution in [0.15, 0.2) is 57.7 Å². The first kappa shape index (κ1) is 16.6. The Kier molecular flexibility index (Phi) is 4.70. The lowest BCUT2D eigenvalue weighted by Gasteiger charge is -2.10. The number of para-hydroxylation sites is 1. The molecule has 128 valence electrons. The number of ether oxygens (including phenoxy) is 2. The molecule has 0 aliphatic heterocycles. The number of benzene rings is 2. The standard InChI is InChI=1S/C19H17NO5/c1-12-19(25-13-6-4-3-5-7-13)18(22)15-9-8-14(10-16(15)24-12)23-11-17(21)20-2/h3-10H,11H2,1-2H3,(H,20,21). The van der Waals surface area contributed by atoms with E-state index in [1.165, 1.54) is 7.05 Å². The maximum absolute atomic E-state index is 12.7. The molecule has 1 heterocycles. The van der Waals surface area contributed by atoms with E-state index in [0.717, 1.165) is 0 Å². The number of carbonyl (C=O) groups excluding carboxylic acids is 1. The van der Waals surface area contributed by atoms with E-state index in [-0.39, 0.29) is 23.7 Å². The normalized spacial score (nSPS) is 10.5. The fourth-order valence-corrected chi connectivity index (χ4v) is 2.30. The highest BCUT2D eigenvalue weighted by atomic mass is 16.5. The van der Waals surface area contributed by atoms with Crippen molar-refractivity contribution < 1.29 is 18.7 Å². The molecule has 6 nitrogen and oxygen atoms in total. The van der Waals surface area contributed by atoms with Crippen LogP contribution in [0.1, 0.15) is 5.76 Å². The molecule has 3 rings (SSSR count). The zero-order valence-corrected chi connectivity index (χ0v) is 13.9. The summed E-state index contributed by atoms with van der Waals surface area (Å²) in [6.07, 6.45) is 0. The van der Waals surface area contributed by atoms with Crippen molar-refractivity contribution in [3.8, 4) is 17.2 Å². The molecule has 25 heavy (non-hydrogen) atoms. The Balaban J connectivity index is 1.94. The molecule has 0 spiro atoms. The molecular weight excluding hydrogens is 322 g/mol. The van der Waals surface area contributed by atoms with Gasteiger partial charge >= 0.3 is 0 Å². The lowest BCUT2D eigenvalue weighted by Crippen LogP contribution is -2.24. The molecule has 1 amide bonds. The molecule has 2 aromatic carbocycles. The molecule has 0 radical (unpaired) electrons. The molecular formula is C19H17NO5. The summed E-state index contributed by atoms with van der Waals surface area (Å²) in [5, 5.41) is 2.85. The second kappa shape index (κ2) is 7.09. The van der Waals surface area contributed by atoms with Gasteiger partial charge in [-0.2, -0.15) is 0 Å². The van der Waals surface area contributed by atoms with Gasteiger partial charge in [-0.05, 0) is 31.2 Å². The van der Waals surface area contributed by atoms with E-state index in [9.17, 15) is 9.59 Å². The third-order valence-corrected chi connectivity index (χ3v) is 3.60. The van der Waals surface area contributed by atoms with E-state index >= 15 is 0 Å². The van der Waals surface area contributed by atoms with Gasteiger partial charge in [0.15, 0.2) is 6.61 Å². The molecule has 0 saturated carbocycles. The van der Waals surface area contributed by atoms with Crippen molar-refractivity contribution in [2.24, 2.45) is 0 Å². The van der Waals surface area contributed by atoms with Crippen LogP contribution in [-0.2, 0) is 4.79 Å². The van der Waals surface area contributed by atoms with Crippen LogP contribution in [0.3, 0.4) is 0 Å².